The van der Waals surface area contributed by atoms with E-state index in [0.717, 1.165) is 11.4 Å². The van der Waals surface area contributed by atoms with Crippen LogP contribution in [-0.2, 0) is 4.74 Å². The molecule has 2 aliphatic rings. The van der Waals surface area contributed by atoms with Gasteiger partial charge in [-0.1, -0.05) is 12.1 Å². The van der Waals surface area contributed by atoms with E-state index in [1.54, 1.807) is 34.1 Å². The molecule has 0 aromatic heterocycles. The lowest BCUT2D eigenvalue weighted by Crippen LogP contribution is -2.37. The third-order valence-electron chi connectivity index (χ3n) is 4.16. The van der Waals surface area contributed by atoms with E-state index >= 15 is 0 Å². The Morgan fingerprint density at radius 1 is 0.917 bits per heavy atom. The molecule has 0 N–H and O–H groups in total. The van der Waals surface area contributed by atoms with E-state index < -0.39 is 0 Å². The minimum Gasteiger partial charge on any atom is -0.490 e. The van der Waals surface area contributed by atoms with Gasteiger partial charge in [0.05, 0.1) is 18.8 Å². The van der Waals surface area contributed by atoms with Gasteiger partial charge < -0.3 is 14.4 Å². The third-order valence-corrected chi connectivity index (χ3v) is 4.16. The van der Waals surface area contributed by atoms with Crippen molar-refractivity contribution < 1.29 is 19.1 Å². The van der Waals surface area contributed by atoms with Gasteiger partial charge >= 0.3 is 6.09 Å². The predicted molar refractivity (Wildman–Crippen MR) is 88.7 cm³/mol. The molecule has 2 aromatic carbocycles. The van der Waals surface area contributed by atoms with Crippen LogP contribution >= 0.6 is 0 Å². The van der Waals surface area contributed by atoms with E-state index in [9.17, 15) is 9.59 Å². The first kappa shape index (κ1) is 14.6. The number of amides is 2. The lowest BCUT2D eigenvalue weighted by Gasteiger charge is -2.29. The minimum absolute atomic E-state index is 0.0821. The molecule has 2 amide bonds. The van der Waals surface area contributed by atoms with Crippen LogP contribution < -0.4 is 14.5 Å². The Labute approximate surface area is 139 Å². The normalized spacial score (nSPS) is 16.4. The summed E-state index contributed by atoms with van der Waals surface area (Å²) in [6, 6.07) is 14.5. The van der Waals surface area contributed by atoms with E-state index in [1.165, 1.54) is 0 Å². The zero-order chi connectivity index (χ0) is 16.5. The number of hydrogen-bond acceptors (Lipinski definition) is 4. The number of anilines is 2. The van der Waals surface area contributed by atoms with E-state index in [0.29, 0.717) is 37.6 Å². The van der Waals surface area contributed by atoms with Gasteiger partial charge in [0.15, 0.2) is 0 Å². The molecule has 122 valence electrons. The molecule has 6 heteroatoms. The van der Waals surface area contributed by atoms with E-state index in [2.05, 4.69) is 0 Å². The zero-order valence-electron chi connectivity index (χ0n) is 13.0. The molecule has 2 heterocycles. The van der Waals surface area contributed by atoms with Crippen LogP contribution in [0.1, 0.15) is 10.4 Å². The summed E-state index contributed by atoms with van der Waals surface area (Å²) < 4.78 is 10.5. The third kappa shape index (κ3) is 2.46. The summed E-state index contributed by atoms with van der Waals surface area (Å²) in [5.41, 5.74) is 2.08. The van der Waals surface area contributed by atoms with Crippen molar-refractivity contribution >= 4 is 23.4 Å². The van der Waals surface area contributed by atoms with Crippen molar-refractivity contribution in [3.63, 3.8) is 0 Å². The fraction of sp³-hybridized carbons (Fsp3) is 0.222. The van der Waals surface area contributed by atoms with Crippen LogP contribution in [0, 0.1) is 0 Å². The van der Waals surface area contributed by atoms with E-state index in [-0.39, 0.29) is 12.0 Å². The number of rotatable bonds is 2. The SMILES string of the molecule is O=C1OCCN1c1ccc(C(=O)N2CCOc3ccccc32)cc1. The highest BCUT2D eigenvalue weighted by Gasteiger charge is 2.26. The number of ether oxygens (including phenoxy) is 2. The zero-order valence-corrected chi connectivity index (χ0v) is 13.0. The molecule has 1 fully saturated rings. The molecule has 0 unspecified atom stereocenters. The molecule has 2 aromatic rings. The van der Waals surface area contributed by atoms with Gasteiger partial charge in [-0.15, -0.1) is 0 Å². The summed E-state index contributed by atoms with van der Waals surface area (Å²) in [5.74, 6) is 0.634. The van der Waals surface area contributed by atoms with Gasteiger partial charge in [0.1, 0.15) is 19.0 Å². The second-order valence-electron chi connectivity index (χ2n) is 5.59. The van der Waals surface area contributed by atoms with Crippen LogP contribution in [-0.4, -0.2) is 38.3 Å². The van der Waals surface area contributed by atoms with Crippen molar-refractivity contribution in [2.75, 3.05) is 36.1 Å². The molecule has 0 spiro atoms. The van der Waals surface area contributed by atoms with Crippen molar-refractivity contribution in [2.45, 2.75) is 0 Å². The fourth-order valence-corrected chi connectivity index (χ4v) is 2.95. The first-order chi connectivity index (χ1) is 11.7. The molecule has 0 radical (unpaired) electrons. The summed E-state index contributed by atoms with van der Waals surface area (Å²) in [6.45, 7) is 1.91. The second kappa shape index (κ2) is 5.88. The number of benzene rings is 2. The Bertz CT molecular complexity index is 788. The van der Waals surface area contributed by atoms with Gasteiger partial charge in [-0.05, 0) is 36.4 Å². The Kier molecular flexibility index (Phi) is 3.57. The molecule has 1 saturated heterocycles. The largest absolute Gasteiger partial charge is 0.490 e. The smallest absolute Gasteiger partial charge is 0.414 e. The maximum absolute atomic E-state index is 12.8. The Hall–Kier alpha value is -3.02. The summed E-state index contributed by atoms with van der Waals surface area (Å²) in [5, 5.41) is 0. The average molecular weight is 324 g/mol. The summed E-state index contributed by atoms with van der Waals surface area (Å²) >= 11 is 0. The quantitative estimate of drug-likeness (QED) is 0.852. The molecule has 0 saturated carbocycles. The Morgan fingerprint density at radius 3 is 2.42 bits per heavy atom. The van der Waals surface area contributed by atoms with Gasteiger partial charge in [-0.2, -0.15) is 0 Å². The van der Waals surface area contributed by atoms with Crippen molar-refractivity contribution in [3.8, 4) is 5.75 Å². The summed E-state index contributed by atoms with van der Waals surface area (Å²) in [6.07, 6.45) is -0.351. The maximum Gasteiger partial charge on any atom is 0.414 e. The predicted octanol–water partition coefficient (Wildman–Crippen LogP) is 2.68. The monoisotopic (exact) mass is 324 g/mol. The maximum atomic E-state index is 12.8. The van der Waals surface area contributed by atoms with E-state index in [1.807, 2.05) is 24.3 Å². The van der Waals surface area contributed by atoms with Gasteiger partial charge in [-0.3, -0.25) is 9.69 Å². The molecular weight excluding hydrogens is 308 g/mol. The minimum atomic E-state index is -0.351. The highest BCUT2D eigenvalue weighted by atomic mass is 16.6. The van der Waals surface area contributed by atoms with Crippen LogP contribution in [0.2, 0.25) is 0 Å². The average Bonchev–Trinajstić information content (AvgIpc) is 3.07. The van der Waals surface area contributed by atoms with E-state index in [4.69, 9.17) is 9.47 Å². The van der Waals surface area contributed by atoms with Crippen LogP contribution in [0.3, 0.4) is 0 Å². The van der Waals surface area contributed by atoms with Crippen molar-refractivity contribution in [2.24, 2.45) is 0 Å². The van der Waals surface area contributed by atoms with Crippen LogP contribution in [0.4, 0.5) is 16.2 Å². The number of fused-ring (bicyclic) bond motifs is 1. The van der Waals surface area contributed by atoms with Gasteiger partial charge in [0, 0.05) is 11.3 Å². The molecular formula is C18H16N2O4. The van der Waals surface area contributed by atoms with Crippen LogP contribution in [0.5, 0.6) is 5.75 Å². The number of nitrogens with zero attached hydrogens (tertiary/aromatic N) is 2. The highest BCUT2D eigenvalue weighted by molar-refractivity contribution is 6.07. The number of carbonyl (C=O) groups excluding carboxylic acids is 2. The number of carbonyl (C=O) groups is 2. The first-order valence-electron chi connectivity index (χ1n) is 7.82. The van der Waals surface area contributed by atoms with Gasteiger partial charge in [0.2, 0.25) is 0 Å². The van der Waals surface area contributed by atoms with Gasteiger partial charge in [-0.25, -0.2) is 4.79 Å². The molecule has 4 rings (SSSR count). The highest BCUT2D eigenvalue weighted by Crippen LogP contribution is 2.32. The molecule has 6 nitrogen and oxygen atoms in total. The topological polar surface area (TPSA) is 59.1 Å². The number of cyclic esters (lactones) is 1. The van der Waals surface area contributed by atoms with Crippen LogP contribution in [0.15, 0.2) is 48.5 Å². The second-order valence-corrected chi connectivity index (χ2v) is 5.59. The number of para-hydroxylation sites is 2. The lowest BCUT2D eigenvalue weighted by atomic mass is 10.1. The van der Waals surface area contributed by atoms with Crippen molar-refractivity contribution in [1.82, 2.24) is 0 Å². The lowest BCUT2D eigenvalue weighted by molar-refractivity contribution is 0.0976. The summed E-state index contributed by atoms with van der Waals surface area (Å²) in [4.78, 5) is 27.7. The molecule has 0 atom stereocenters. The fourth-order valence-electron chi connectivity index (χ4n) is 2.95. The van der Waals surface area contributed by atoms with Crippen molar-refractivity contribution in [1.29, 1.82) is 0 Å². The van der Waals surface area contributed by atoms with Crippen LogP contribution in [0.25, 0.3) is 0 Å². The molecule has 2 aliphatic heterocycles. The van der Waals surface area contributed by atoms with Gasteiger partial charge in [0.25, 0.3) is 5.91 Å². The summed E-state index contributed by atoms with van der Waals surface area (Å²) in [7, 11) is 0. The van der Waals surface area contributed by atoms with Crippen molar-refractivity contribution in [3.05, 3.63) is 54.1 Å². The Balaban J connectivity index is 1.58. The standard InChI is InChI=1S/C18H16N2O4/c21-17(20-10-11-23-16-4-2-1-3-15(16)20)13-5-7-14(8-6-13)19-9-12-24-18(19)22/h1-8H,9-12H2. The first-order valence-corrected chi connectivity index (χ1v) is 7.82. The molecule has 0 aliphatic carbocycles. The molecule has 0 bridgehead atoms. The molecule has 24 heavy (non-hydrogen) atoms. The number of hydrogen-bond donors (Lipinski definition) is 0. The Morgan fingerprint density at radius 2 is 1.67 bits per heavy atom.